The molecule has 5 rings (SSSR count). The molecule has 32 heavy (non-hydrogen) atoms. The maximum atomic E-state index is 14.2. The van der Waals surface area contributed by atoms with E-state index in [9.17, 15) is 9.18 Å². The van der Waals surface area contributed by atoms with Crippen LogP contribution in [-0.2, 0) is 13.0 Å². The molecule has 0 bridgehead atoms. The van der Waals surface area contributed by atoms with Gasteiger partial charge < -0.3 is 9.88 Å². The third kappa shape index (κ3) is 4.27. The standard InChI is InChI=1S/C26H25FN4O/c27-23-9-5-4-8-21(23)16-30-12-13-31(22(17-30)14-19-6-2-1-3-7-19)26(32)20-10-11-24-25(15-20)29-18-28-24/h1-11,15,18,22H,12-14,16-17H2,(H,28,29)/t22-/m0/s1. The summed E-state index contributed by atoms with van der Waals surface area (Å²) in [6.45, 7) is 2.55. The fourth-order valence-electron chi connectivity index (χ4n) is 4.49. The van der Waals surface area contributed by atoms with E-state index in [1.54, 1.807) is 12.4 Å². The molecule has 1 N–H and O–H groups in total. The maximum Gasteiger partial charge on any atom is 0.254 e. The Morgan fingerprint density at radius 2 is 1.84 bits per heavy atom. The van der Waals surface area contributed by atoms with E-state index in [0.29, 0.717) is 37.3 Å². The number of nitrogens with zero attached hydrogens (tertiary/aromatic N) is 3. The summed E-state index contributed by atoms with van der Waals surface area (Å²) in [5.74, 6) is -0.161. The SMILES string of the molecule is O=C(c1ccc2nc[nH]c2c1)N1CCN(Cc2ccccc2F)C[C@@H]1Cc1ccccc1. The summed E-state index contributed by atoms with van der Waals surface area (Å²) in [4.78, 5) is 25.0. The van der Waals surface area contributed by atoms with Crippen molar-refractivity contribution < 1.29 is 9.18 Å². The van der Waals surface area contributed by atoms with E-state index in [1.807, 2.05) is 53.4 Å². The third-order valence-electron chi connectivity index (χ3n) is 6.16. The lowest BCUT2D eigenvalue weighted by molar-refractivity contribution is 0.0436. The Morgan fingerprint density at radius 1 is 1.03 bits per heavy atom. The molecule has 0 radical (unpaired) electrons. The first kappa shape index (κ1) is 20.4. The molecule has 0 aliphatic carbocycles. The van der Waals surface area contributed by atoms with Crippen molar-refractivity contribution in [2.45, 2.75) is 19.0 Å². The summed E-state index contributed by atoms with van der Waals surface area (Å²) in [6.07, 6.45) is 2.39. The van der Waals surface area contributed by atoms with E-state index in [-0.39, 0.29) is 17.8 Å². The minimum Gasteiger partial charge on any atom is -0.345 e. The number of carbonyl (C=O) groups is 1. The number of hydrogen-bond donors (Lipinski definition) is 1. The second kappa shape index (κ2) is 8.93. The number of amides is 1. The first-order valence-electron chi connectivity index (χ1n) is 10.9. The molecular weight excluding hydrogens is 403 g/mol. The molecule has 1 aliphatic rings. The molecule has 6 heteroatoms. The number of imidazole rings is 1. The van der Waals surface area contributed by atoms with Crippen molar-refractivity contribution in [1.82, 2.24) is 19.8 Å². The summed E-state index contributed by atoms with van der Waals surface area (Å²) in [7, 11) is 0. The van der Waals surface area contributed by atoms with Crippen LogP contribution in [0, 0.1) is 5.82 Å². The Balaban J connectivity index is 1.39. The van der Waals surface area contributed by atoms with Crippen molar-refractivity contribution in [2.24, 2.45) is 0 Å². The number of H-pyrrole nitrogens is 1. The lowest BCUT2D eigenvalue weighted by Crippen LogP contribution is -2.55. The van der Waals surface area contributed by atoms with Crippen LogP contribution in [0.4, 0.5) is 4.39 Å². The zero-order valence-corrected chi connectivity index (χ0v) is 17.7. The predicted molar refractivity (Wildman–Crippen MR) is 123 cm³/mol. The van der Waals surface area contributed by atoms with E-state index in [1.165, 1.54) is 11.6 Å². The van der Waals surface area contributed by atoms with Crippen LogP contribution in [0.2, 0.25) is 0 Å². The monoisotopic (exact) mass is 428 g/mol. The van der Waals surface area contributed by atoms with Gasteiger partial charge in [-0.3, -0.25) is 9.69 Å². The van der Waals surface area contributed by atoms with Crippen molar-refractivity contribution in [2.75, 3.05) is 19.6 Å². The molecule has 5 nitrogen and oxygen atoms in total. The average Bonchev–Trinajstić information content (AvgIpc) is 3.29. The minimum atomic E-state index is -0.182. The maximum absolute atomic E-state index is 14.2. The van der Waals surface area contributed by atoms with E-state index in [2.05, 4.69) is 27.0 Å². The van der Waals surface area contributed by atoms with Crippen LogP contribution in [0.25, 0.3) is 11.0 Å². The van der Waals surface area contributed by atoms with Crippen molar-refractivity contribution in [3.63, 3.8) is 0 Å². The lowest BCUT2D eigenvalue weighted by atomic mass is 10.00. The van der Waals surface area contributed by atoms with Gasteiger partial charge >= 0.3 is 0 Å². The number of piperazine rings is 1. The molecule has 2 heterocycles. The summed E-state index contributed by atoms with van der Waals surface area (Å²) in [5, 5.41) is 0. The molecule has 1 aromatic heterocycles. The fourth-order valence-corrected chi connectivity index (χ4v) is 4.49. The topological polar surface area (TPSA) is 52.2 Å². The number of nitrogens with one attached hydrogen (secondary N) is 1. The number of carbonyl (C=O) groups excluding carboxylic acids is 1. The molecule has 1 atom stereocenters. The molecule has 1 amide bonds. The lowest BCUT2D eigenvalue weighted by Gasteiger charge is -2.42. The summed E-state index contributed by atoms with van der Waals surface area (Å²) in [6, 6.07) is 22.7. The molecule has 0 saturated carbocycles. The average molecular weight is 429 g/mol. The quantitative estimate of drug-likeness (QED) is 0.517. The van der Waals surface area contributed by atoms with Gasteiger partial charge in [0, 0.05) is 43.3 Å². The number of hydrogen-bond acceptors (Lipinski definition) is 3. The van der Waals surface area contributed by atoms with Crippen LogP contribution in [0.15, 0.2) is 79.1 Å². The highest BCUT2D eigenvalue weighted by Crippen LogP contribution is 2.22. The number of aromatic amines is 1. The summed E-state index contributed by atoms with van der Waals surface area (Å²) >= 11 is 0. The number of aromatic nitrogens is 2. The van der Waals surface area contributed by atoms with Gasteiger partial charge in [0.05, 0.1) is 17.4 Å². The van der Waals surface area contributed by atoms with Crippen LogP contribution < -0.4 is 0 Å². The highest BCUT2D eigenvalue weighted by Gasteiger charge is 2.31. The van der Waals surface area contributed by atoms with Gasteiger partial charge in [-0.15, -0.1) is 0 Å². The second-order valence-electron chi connectivity index (χ2n) is 8.30. The highest BCUT2D eigenvalue weighted by molar-refractivity contribution is 5.97. The highest BCUT2D eigenvalue weighted by atomic mass is 19.1. The predicted octanol–water partition coefficient (Wildman–Crippen LogP) is 4.27. The second-order valence-corrected chi connectivity index (χ2v) is 8.30. The Hall–Kier alpha value is -3.51. The van der Waals surface area contributed by atoms with Crippen molar-refractivity contribution >= 4 is 16.9 Å². The molecule has 4 aromatic rings. The van der Waals surface area contributed by atoms with Gasteiger partial charge in [-0.05, 0) is 36.2 Å². The van der Waals surface area contributed by atoms with Gasteiger partial charge in [-0.25, -0.2) is 9.37 Å². The Bertz CT molecular complexity index is 1220. The van der Waals surface area contributed by atoms with Gasteiger partial charge in [-0.2, -0.15) is 0 Å². The first-order chi connectivity index (χ1) is 15.7. The van der Waals surface area contributed by atoms with Gasteiger partial charge in [0.25, 0.3) is 5.91 Å². The number of halogens is 1. The Kier molecular flexibility index (Phi) is 5.69. The molecule has 1 fully saturated rings. The zero-order valence-electron chi connectivity index (χ0n) is 17.7. The molecule has 1 aliphatic heterocycles. The largest absolute Gasteiger partial charge is 0.345 e. The molecule has 0 unspecified atom stereocenters. The molecule has 0 spiro atoms. The molecule has 1 saturated heterocycles. The van der Waals surface area contributed by atoms with Crippen molar-refractivity contribution in [3.05, 3.63) is 102 Å². The number of rotatable bonds is 5. The minimum absolute atomic E-state index is 0.00267. The fraction of sp³-hybridized carbons (Fsp3) is 0.231. The van der Waals surface area contributed by atoms with E-state index in [0.717, 1.165) is 17.5 Å². The number of fused-ring (bicyclic) bond motifs is 1. The Labute approximate surface area is 186 Å². The van der Waals surface area contributed by atoms with Crippen LogP contribution in [0.3, 0.4) is 0 Å². The van der Waals surface area contributed by atoms with Crippen LogP contribution in [0.1, 0.15) is 21.5 Å². The van der Waals surface area contributed by atoms with E-state index >= 15 is 0 Å². The summed E-state index contributed by atoms with van der Waals surface area (Å²) in [5.41, 5.74) is 4.23. The molecular formula is C26H25FN4O. The molecule has 162 valence electrons. The third-order valence-corrected chi connectivity index (χ3v) is 6.16. The zero-order chi connectivity index (χ0) is 21.9. The van der Waals surface area contributed by atoms with Crippen LogP contribution in [0.5, 0.6) is 0 Å². The van der Waals surface area contributed by atoms with Gasteiger partial charge in [0.15, 0.2) is 0 Å². The molecule has 3 aromatic carbocycles. The Morgan fingerprint density at radius 3 is 2.69 bits per heavy atom. The van der Waals surface area contributed by atoms with Crippen LogP contribution >= 0.6 is 0 Å². The van der Waals surface area contributed by atoms with Crippen molar-refractivity contribution in [3.8, 4) is 0 Å². The van der Waals surface area contributed by atoms with E-state index in [4.69, 9.17) is 0 Å². The van der Waals surface area contributed by atoms with Gasteiger partial charge in [0.2, 0.25) is 0 Å². The number of benzene rings is 3. The van der Waals surface area contributed by atoms with Gasteiger partial charge in [0.1, 0.15) is 5.82 Å². The van der Waals surface area contributed by atoms with E-state index < -0.39 is 0 Å². The van der Waals surface area contributed by atoms with Crippen molar-refractivity contribution in [1.29, 1.82) is 0 Å². The van der Waals surface area contributed by atoms with Gasteiger partial charge in [-0.1, -0.05) is 48.5 Å². The normalized spacial score (nSPS) is 17.0. The summed E-state index contributed by atoms with van der Waals surface area (Å²) < 4.78 is 14.2. The smallest absolute Gasteiger partial charge is 0.254 e. The van der Waals surface area contributed by atoms with Crippen LogP contribution in [-0.4, -0.2) is 51.4 Å². The first-order valence-corrected chi connectivity index (χ1v) is 10.9.